The molecule has 2 aromatic rings. The normalized spacial score (nSPS) is 12.6. The molecular formula is C13H19N5. The van der Waals surface area contributed by atoms with Crippen LogP contribution in [0.4, 0.5) is 0 Å². The molecule has 0 fully saturated rings. The first-order valence-corrected chi connectivity index (χ1v) is 6.36. The van der Waals surface area contributed by atoms with E-state index in [0.29, 0.717) is 0 Å². The van der Waals surface area contributed by atoms with Crippen molar-refractivity contribution in [2.45, 2.75) is 32.9 Å². The second-order valence-corrected chi connectivity index (χ2v) is 4.14. The maximum Gasteiger partial charge on any atom is 0.115 e. The molecule has 0 aromatic carbocycles. The van der Waals surface area contributed by atoms with Gasteiger partial charge >= 0.3 is 0 Å². The van der Waals surface area contributed by atoms with Gasteiger partial charge in [-0.1, -0.05) is 13.8 Å². The van der Waals surface area contributed by atoms with Gasteiger partial charge in [-0.3, -0.25) is 4.68 Å². The van der Waals surface area contributed by atoms with Crippen LogP contribution in [0.1, 0.15) is 37.6 Å². The lowest BCUT2D eigenvalue weighted by Crippen LogP contribution is -2.25. The molecule has 0 aliphatic heterocycles. The predicted octanol–water partition coefficient (Wildman–Crippen LogP) is 1.78. The van der Waals surface area contributed by atoms with E-state index in [1.54, 1.807) is 6.33 Å². The van der Waals surface area contributed by atoms with E-state index < -0.39 is 0 Å². The zero-order valence-corrected chi connectivity index (χ0v) is 10.9. The Morgan fingerprint density at radius 1 is 1.28 bits per heavy atom. The van der Waals surface area contributed by atoms with Crippen molar-refractivity contribution in [3.8, 4) is 0 Å². The van der Waals surface area contributed by atoms with Crippen LogP contribution in [0.2, 0.25) is 0 Å². The Bertz CT molecular complexity index is 465. The van der Waals surface area contributed by atoms with E-state index in [0.717, 1.165) is 30.8 Å². The number of nitrogens with one attached hydrogen (secondary N) is 1. The van der Waals surface area contributed by atoms with E-state index in [2.05, 4.69) is 40.3 Å². The minimum Gasteiger partial charge on any atom is -0.305 e. The molecule has 5 nitrogen and oxygen atoms in total. The number of aryl methyl sites for hydroxylation is 1. The van der Waals surface area contributed by atoms with Gasteiger partial charge in [0.05, 0.1) is 11.7 Å². The monoisotopic (exact) mass is 245 g/mol. The minimum atomic E-state index is 0.102. The van der Waals surface area contributed by atoms with Gasteiger partial charge in [-0.15, -0.1) is 0 Å². The Balaban J connectivity index is 2.32. The third-order valence-electron chi connectivity index (χ3n) is 2.80. The molecular weight excluding hydrogens is 226 g/mol. The standard InChI is InChI=1S/C13H19N5/c1-3-7-18-12(5-6-17-18)13(16-4-2)11-8-14-10-15-9-11/h5-6,8-10,13,16H,3-4,7H2,1-2H3. The van der Waals surface area contributed by atoms with Crippen molar-refractivity contribution in [3.05, 3.63) is 42.2 Å². The van der Waals surface area contributed by atoms with Crippen LogP contribution in [-0.2, 0) is 6.54 Å². The van der Waals surface area contributed by atoms with Crippen molar-refractivity contribution >= 4 is 0 Å². The molecule has 5 heteroatoms. The second kappa shape index (κ2) is 6.26. The lowest BCUT2D eigenvalue weighted by molar-refractivity contribution is 0.519. The number of aromatic nitrogens is 4. The molecule has 0 saturated heterocycles. The molecule has 0 spiro atoms. The highest BCUT2D eigenvalue weighted by atomic mass is 15.3. The smallest absolute Gasteiger partial charge is 0.115 e. The van der Waals surface area contributed by atoms with Gasteiger partial charge in [0.25, 0.3) is 0 Å². The molecule has 2 aromatic heterocycles. The van der Waals surface area contributed by atoms with E-state index in [-0.39, 0.29) is 6.04 Å². The van der Waals surface area contributed by atoms with Crippen LogP contribution < -0.4 is 5.32 Å². The average Bonchev–Trinajstić information content (AvgIpc) is 2.85. The van der Waals surface area contributed by atoms with Crippen LogP contribution in [0, 0.1) is 0 Å². The summed E-state index contributed by atoms with van der Waals surface area (Å²) in [7, 11) is 0. The van der Waals surface area contributed by atoms with Crippen molar-refractivity contribution in [2.24, 2.45) is 0 Å². The topological polar surface area (TPSA) is 55.6 Å². The highest BCUT2D eigenvalue weighted by Gasteiger charge is 2.17. The lowest BCUT2D eigenvalue weighted by Gasteiger charge is -2.19. The minimum absolute atomic E-state index is 0.102. The van der Waals surface area contributed by atoms with Gasteiger partial charge in [0.1, 0.15) is 6.33 Å². The number of nitrogens with zero attached hydrogens (tertiary/aromatic N) is 4. The van der Waals surface area contributed by atoms with E-state index in [1.165, 1.54) is 0 Å². The molecule has 96 valence electrons. The number of hydrogen-bond acceptors (Lipinski definition) is 4. The van der Waals surface area contributed by atoms with Crippen LogP contribution >= 0.6 is 0 Å². The number of rotatable bonds is 6. The highest BCUT2D eigenvalue weighted by Crippen LogP contribution is 2.20. The van der Waals surface area contributed by atoms with Crippen LogP contribution in [0.3, 0.4) is 0 Å². The maximum atomic E-state index is 4.37. The maximum absolute atomic E-state index is 4.37. The fourth-order valence-corrected chi connectivity index (χ4v) is 2.04. The summed E-state index contributed by atoms with van der Waals surface area (Å²) in [4.78, 5) is 8.19. The van der Waals surface area contributed by atoms with Crippen molar-refractivity contribution in [2.75, 3.05) is 6.54 Å². The Hall–Kier alpha value is -1.75. The van der Waals surface area contributed by atoms with Gasteiger partial charge < -0.3 is 5.32 Å². The summed E-state index contributed by atoms with van der Waals surface area (Å²) in [5, 5.41) is 7.83. The van der Waals surface area contributed by atoms with Crippen molar-refractivity contribution < 1.29 is 0 Å². The largest absolute Gasteiger partial charge is 0.305 e. The van der Waals surface area contributed by atoms with Gasteiger partial charge in [0, 0.05) is 30.7 Å². The van der Waals surface area contributed by atoms with Crippen molar-refractivity contribution in [1.29, 1.82) is 0 Å². The van der Waals surface area contributed by atoms with E-state index in [9.17, 15) is 0 Å². The van der Waals surface area contributed by atoms with Crippen molar-refractivity contribution in [3.63, 3.8) is 0 Å². The molecule has 0 aliphatic rings. The molecule has 2 heterocycles. The average molecular weight is 245 g/mol. The van der Waals surface area contributed by atoms with Gasteiger partial charge in [-0.2, -0.15) is 5.10 Å². The molecule has 1 atom stereocenters. The first-order chi connectivity index (χ1) is 8.86. The molecule has 1 N–H and O–H groups in total. The molecule has 0 saturated carbocycles. The van der Waals surface area contributed by atoms with E-state index in [1.807, 2.05) is 23.3 Å². The summed E-state index contributed by atoms with van der Waals surface area (Å²) in [6.07, 6.45) is 8.17. The predicted molar refractivity (Wildman–Crippen MR) is 70.1 cm³/mol. The van der Waals surface area contributed by atoms with Gasteiger partial charge in [0.2, 0.25) is 0 Å². The summed E-state index contributed by atoms with van der Waals surface area (Å²) in [5.74, 6) is 0. The van der Waals surface area contributed by atoms with Gasteiger partial charge in [-0.05, 0) is 19.0 Å². The fraction of sp³-hybridized carbons (Fsp3) is 0.462. The number of hydrogen-bond donors (Lipinski definition) is 1. The second-order valence-electron chi connectivity index (χ2n) is 4.14. The Morgan fingerprint density at radius 3 is 2.72 bits per heavy atom. The van der Waals surface area contributed by atoms with E-state index in [4.69, 9.17) is 0 Å². The first-order valence-electron chi connectivity index (χ1n) is 6.36. The molecule has 18 heavy (non-hydrogen) atoms. The molecule has 1 unspecified atom stereocenters. The highest BCUT2D eigenvalue weighted by molar-refractivity contribution is 5.22. The van der Waals surface area contributed by atoms with E-state index >= 15 is 0 Å². The lowest BCUT2D eigenvalue weighted by atomic mass is 10.1. The summed E-state index contributed by atoms with van der Waals surface area (Å²) in [6, 6.07) is 2.15. The van der Waals surface area contributed by atoms with Gasteiger partial charge in [-0.25, -0.2) is 9.97 Å². The van der Waals surface area contributed by atoms with Crippen molar-refractivity contribution in [1.82, 2.24) is 25.1 Å². The quantitative estimate of drug-likeness (QED) is 0.843. The first kappa shape index (κ1) is 12.7. The Labute approximate surface area is 107 Å². The molecule has 0 aliphatic carbocycles. The zero-order chi connectivity index (χ0) is 12.8. The summed E-state index contributed by atoms with van der Waals surface area (Å²) in [6.45, 7) is 6.06. The molecule has 2 rings (SSSR count). The zero-order valence-electron chi connectivity index (χ0n) is 10.9. The molecule has 0 bridgehead atoms. The molecule has 0 amide bonds. The third kappa shape index (κ3) is 2.73. The summed E-state index contributed by atoms with van der Waals surface area (Å²) in [5.41, 5.74) is 2.23. The van der Waals surface area contributed by atoms with Crippen LogP contribution in [0.5, 0.6) is 0 Å². The summed E-state index contributed by atoms with van der Waals surface area (Å²) < 4.78 is 2.04. The van der Waals surface area contributed by atoms with Crippen LogP contribution in [-0.4, -0.2) is 26.3 Å². The van der Waals surface area contributed by atoms with Crippen LogP contribution in [0.15, 0.2) is 31.0 Å². The van der Waals surface area contributed by atoms with Crippen LogP contribution in [0.25, 0.3) is 0 Å². The Morgan fingerprint density at radius 2 is 2.06 bits per heavy atom. The summed E-state index contributed by atoms with van der Waals surface area (Å²) >= 11 is 0. The SMILES string of the molecule is CCCn1nccc1C(NCC)c1cncnc1. The fourth-order valence-electron chi connectivity index (χ4n) is 2.04. The van der Waals surface area contributed by atoms with Gasteiger partial charge in [0.15, 0.2) is 0 Å². The third-order valence-corrected chi connectivity index (χ3v) is 2.80. The molecule has 0 radical (unpaired) electrons. The Kier molecular flexibility index (Phi) is 4.41.